The topological polar surface area (TPSA) is 52.7 Å². The first kappa shape index (κ1) is 21.8. The van der Waals surface area contributed by atoms with Gasteiger partial charge in [-0.05, 0) is 43.2 Å². The summed E-state index contributed by atoms with van der Waals surface area (Å²) in [5, 5.41) is 3.12. The maximum Gasteiger partial charge on any atom is 0.224 e. The highest BCUT2D eigenvalue weighted by Gasteiger charge is 2.33. The third-order valence-corrected chi connectivity index (χ3v) is 6.15. The highest BCUT2D eigenvalue weighted by Crippen LogP contribution is 2.26. The van der Waals surface area contributed by atoms with E-state index in [0.29, 0.717) is 19.0 Å². The van der Waals surface area contributed by atoms with Crippen molar-refractivity contribution >= 4 is 11.8 Å². The average Bonchev–Trinajstić information content (AvgIpc) is 2.72. The number of piperidine rings is 2. The smallest absolute Gasteiger partial charge is 0.224 e. The number of carbonyl (C=O) groups is 2. The van der Waals surface area contributed by atoms with Crippen LogP contribution in [0.25, 0.3) is 0 Å². The number of rotatable bonds is 5. The Morgan fingerprint density at radius 3 is 2.38 bits per heavy atom. The fraction of sp³-hybridized carbons (Fsp3) is 0.667. The summed E-state index contributed by atoms with van der Waals surface area (Å²) < 4.78 is 0. The molecule has 1 atom stereocenters. The van der Waals surface area contributed by atoms with Crippen molar-refractivity contribution in [2.45, 2.75) is 65.5 Å². The lowest BCUT2D eigenvalue weighted by atomic mass is 9.90. The second kappa shape index (κ2) is 9.75. The van der Waals surface area contributed by atoms with E-state index in [1.54, 1.807) is 0 Å². The van der Waals surface area contributed by atoms with E-state index >= 15 is 0 Å². The number of nitrogens with zero attached hydrogens (tertiary/aromatic N) is 2. The van der Waals surface area contributed by atoms with E-state index in [0.717, 1.165) is 57.4 Å². The zero-order valence-electron chi connectivity index (χ0n) is 18.3. The summed E-state index contributed by atoms with van der Waals surface area (Å²) in [5.74, 6) is 0.539. The van der Waals surface area contributed by atoms with Crippen LogP contribution in [0.15, 0.2) is 30.3 Å². The van der Waals surface area contributed by atoms with Gasteiger partial charge in [-0.25, -0.2) is 0 Å². The molecular formula is C24H37N3O2. The molecule has 29 heavy (non-hydrogen) atoms. The van der Waals surface area contributed by atoms with Crippen LogP contribution in [-0.4, -0.2) is 53.8 Å². The number of amides is 2. The van der Waals surface area contributed by atoms with Gasteiger partial charge >= 0.3 is 0 Å². The van der Waals surface area contributed by atoms with Crippen LogP contribution in [0.1, 0.15) is 58.4 Å². The lowest BCUT2D eigenvalue weighted by Crippen LogP contribution is -2.51. The molecule has 1 aromatic carbocycles. The summed E-state index contributed by atoms with van der Waals surface area (Å²) in [7, 11) is 0. The van der Waals surface area contributed by atoms with Gasteiger partial charge in [0.2, 0.25) is 11.8 Å². The number of carbonyl (C=O) groups excluding carboxylic acids is 2. The van der Waals surface area contributed by atoms with Gasteiger partial charge in [-0.3, -0.25) is 14.5 Å². The predicted octanol–water partition coefficient (Wildman–Crippen LogP) is 3.44. The van der Waals surface area contributed by atoms with Crippen molar-refractivity contribution in [3.05, 3.63) is 35.9 Å². The van der Waals surface area contributed by atoms with Crippen LogP contribution in [0, 0.1) is 11.3 Å². The molecular weight excluding hydrogens is 362 g/mol. The van der Waals surface area contributed by atoms with Crippen molar-refractivity contribution in [1.82, 2.24) is 15.1 Å². The van der Waals surface area contributed by atoms with Gasteiger partial charge in [-0.15, -0.1) is 0 Å². The summed E-state index contributed by atoms with van der Waals surface area (Å²) in [6.07, 6.45) is 4.71. The number of benzene rings is 1. The zero-order valence-corrected chi connectivity index (χ0v) is 18.3. The van der Waals surface area contributed by atoms with Crippen molar-refractivity contribution in [2.24, 2.45) is 11.3 Å². The van der Waals surface area contributed by atoms with Gasteiger partial charge in [0, 0.05) is 38.6 Å². The Labute approximate surface area is 175 Å². The Hall–Kier alpha value is -1.88. The van der Waals surface area contributed by atoms with Crippen LogP contribution in [0.5, 0.6) is 0 Å². The lowest BCUT2D eigenvalue weighted by Gasteiger charge is -2.42. The second-order valence-electron chi connectivity index (χ2n) is 9.89. The third kappa shape index (κ3) is 6.56. The molecule has 0 saturated carbocycles. The molecule has 2 heterocycles. The van der Waals surface area contributed by atoms with Crippen molar-refractivity contribution < 1.29 is 9.59 Å². The molecule has 0 unspecified atom stereocenters. The lowest BCUT2D eigenvalue weighted by molar-refractivity contribution is -0.134. The van der Waals surface area contributed by atoms with Crippen molar-refractivity contribution in [2.75, 3.05) is 26.2 Å². The minimum absolute atomic E-state index is 0.0428. The van der Waals surface area contributed by atoms with Gasteiger partial charge in [-0.2, -0.15) is 0 Å². The monoisotopic (exact) mass is 399 g/mol. The number of hydrogen-bond donors (Lipinski definition) is 1. The first-order valence-corrected chi connectivity index (χ1v) is 11.2. The summed E-state index contributed by atoms with van der Waals surface area (Å²) in [4.78, 5) is 29.7. The molecule has 1 N–H and O–H groups in total. The van der Waals surface area contributed by atoms with Gasteiger partial charge in [-0.1, -0.05) is 51.1 Å². The van der Waals surface area contributed by atoms with E-state index in [4.69, 9.17) is 0 Å². The molecule has 2 amide bonds. The van der Waals surface area contributed by atoms with Gasteiger partial charge in [0.1, 0.15) is 0 Å². The highest BCUT2D eigenvalue weighted by molar-refractivity contribution is 5.79. The first-order valence-electron chi connectivity index (χ1n) is 11.2. The molecule has 2 aliphatic heterocycles. The fourth-order valence-electron chi connectivity index (χ4n) is 4.53. The summed E-state index contributed by atoms with van der Waals surface area (Å²) in [5.41, 5.74) is 1.18. The van der Waals surface area contributed by atoms with Crippen molar-refractivity contribution in [1.29, 1.82) is 0 Å². The minimum atomic E-state index is 0.0428. The molecule has 0 radical (unpaired) electrons. The summed E-state index contributed by atoms with van der Waals surface area (Å²) >= 11 is 0. The zero-order chi connectivity index (χ0) is 20.9. The predicted molar refractivity (Wildman–Crippen MR) is 116 cm³/mol. The van der Waals surface area contributed by atoms with E-state index in [2.05, 4.69) is 31.0 Å². The van der Waals surface area contributed by atoms with Crippen LogP contribution in [0.3, 0.4) is 0 Å². The Kier molecular flexibility index (Phi) is 7.33. The molecule has 5 heteroatoms. The van der Waals surface area contributed by atoms with Crippen LogP contribution in [0.2, 0.25) is 0 Å². The standard InChI is InChI=1S/C24H37N3O2/c1-24(2,3)16-22(28)26-14-11-21(12-15-26)27-13-7-10-20(18-27)23(29)25-17-19-8-5-4-6-9-19/h4-6,8-9,20-21H,7,10-18H2,1-3H3,(H,25,29)/t20-/m1/s1. The van der Waals surface area contributed by atoms with E-state index in [9.17, 15) is 9.59 Å². The Morgan fingerprint density at radius 2 is 1.72 bits per heavy atom. The minimum Gasteiger partial charge on any atom is -0.352 e. The molecule has 2 fully saturated rings. The third-order valence-electron chi connectivity index (χ3n) is 6.15. The maximum atomic E-state index is 12.7. The van der Waals surface area contributed by atoms with E-state index < -0.39 is 0 Å². The van der Waals surface area contributed by atoms with Gasteiger partial charge in [0.15, 0.2) is 0 Å². The Morgan fingerprint density at radius 1 is 1.03 bits per heavy atom. The Balaban J connectivity index is 1.45. The second-order valence-corrected chi connectivity index (χ2v) is 9.89. The van der Waals surface area contributed by atoms with Crippen LogP contribution < -0.4 is 5.32 Å². The molecule has 2 saturated heterocycles. The van der Waals surface area contributed by atoms with E-state index in [-0.39, 0.29) is 23.1 Å². The van der Waals surface area contributed by atoms with Crippen LogP contribution in [0.4, 0.5) is 0 Å². The normalized spacial score (nSPS) is 21.8. The summed E-state index contributed by atoms with van der Waals surface area (Å²) in [6.45, 7) is 10.6. The van der Waals surface area contributed by atoms with Gasteiger partial charge in [0.25, 0.3) is 0 Å². The summed E-state index contributed by atoms with van der Waals surface area (Å²) in [6, 6.07) is 10.6. The molecule has 2 aliphatic rings. The van der Waals surface area contributed by atoms with Crippen molar-refractivity contribution in [3.8, 4) is 0 Å². The fourth-order valence-corrected chi connectivity index (χ4v) is 4.53. The van der Waals surface area contributed by atoms with Crippen LogP contribution >= 0.6 is 0 Å². The maximum absolute atomic E-state index is 12.7. The largest absolute Gasteiger partial charge is 0.352 e. The molecule has 0 aliphatic carbocycles. The van der Waals surface area contributed by atoms with E-state index in [1.807, 2.05) is 35.2 Å². The molecule has 0 aromatic heterocycles. The highest BCUT2D eigenvalue weighted by atomic mass is 16.2. The quantitative estimate of drug-likeness (QED) is 0.825. The average molecular weight is 400 g/mol. The number of hydrogen-bond acceptors (Lipinski definition) is 3. The molecule has 1 aromatic rings. The van der Waals surface area contributed by atoms with E-state index in [1.165, 1.54) is 0 Å². The number of likely N-dealkylation sites (tertiary alicyclic amines) is 2. The Bertz CT molecular complexity index is 675. The van der Waals surface area contributed by atoms with Gasteiger partial charge in [0.05, 0.1) is 5.92 Å². The molecule has 3 rings (SSSR count). The van der Waals surface area contributed by atoms with Crippen molar-refractivity contribution in [3.63, 3.8) is 0 Å². The number of nitrogens with one attached hydrogen (secondary N) is 1. The molecule has 160 valence electrons. The molecule has 0 spiro atoms. The van der Waals surface area contributed by atoms with Gasteiger partial charge < -0.3 is 10.2 Å². The SMILES string of the molecule is CC(C)(C)CC(=O)N1CCC(N2CCC[C@@H](C(=O)NCc3ccccc3)C2)CC1. The van der Waals surface area contributed by atoms with Crippen LogP contribution in [-0.2, 0) is 16.1 Å². The molecule has 5 nitrogen and oxygen atoms in total. The first-order chi connectivity index (χ1) is 13.8. The molecule has 0 bridgehead atoms.